The van der Waals surface area contributed by atoms with Crippen LogP contribution in [0.3, 0.4) is 0 Å². The van der Waals surface area contributed by atoms with Gasteiger partial charge in [0.15, 0.2) is 23.2 Å². The minimum absolute atomic E-state index is 0.284. The number of hydrogen-bond acceptors (Lipinski definition) is 4. The fourth-order valence-electron chi connectivity index (χ4n) is 2.03. The molecule has 0 unspecified atom stereocenters. The van der Waals surface area contributed by atoms with E-state index in [1.165, 1.54) is 0 Å². The first-order chi connectivity index (χ1) is 10.9. The minimum Gasteiger partial charge on any atom is -0.505 e. The molecule has 0 radical (unpaired) electrons. The number of thiophene rings is 1. The van der Waals surface area contributed by atoms with Crippen LogP contribution in [0.15, 0.2) is 28.4 Å². The third kappa shape index (κ3) is 2.55. The minimum atomic E-state index is -1.68. The summed E-state index contributed by atoms with van der Waals surface area (Å²) in [4.78, 5) is 26.4. The second-order valence-electron chi connectivity index (χ2n) is 4.55. The number of halogens is 3. The number of aromatic amines is 1. The van der Waals surface area contributed by atoms with Gasteiger partial charge in [-0.3, -0.25) is 9.59 Å². The van der Waals surface area contributed by atoms with Crippen LogP contribution in [0.25, 0.3) is 10.2 Å². The Hall–Kier alpha value is -2.81. The Morgan fingerprint density at radius 3 is 2.52 bits per heavy atom. The summed E-state index contributed by atoms with van der Waals surface area (Å²) < 4.78 is 39.4. The zero-order valence-electron chi connectivity index (χ0n) is 11.1. The highest BCUT2D eigenvalue weighted by Crippen LogP contribution is 2.30. The number of hydrogen-bond donors (Lipinski definition) is 3. The topological polar surface area (TPSA) is 82.2 Å². The molecule has 0 spiro atoms. The molecule has 5 nitrogen and oxygen atoms in total. The van der Waals surface area contributed by atoms with Gasteiger partial charge in [0.1, 0.15) is 5.56 Å². The lowest BCUT2D eigenvalue weighted by Gasteiger charge is -2.07. The summed E-state index contributed by atoms with van der Waals surface area (Å²) >= 11 is 1.10. The van der Waals surface area contributed by atoms with Crippen molar-refractivity contribution in [3.8, 4) is 5.75 Å². The molecule has 0 aliphatic heterocycles. The van der Waals surface area contributed by atoms with E-state index in [-0.39, 0.29) is 4.70 Å². The van der Waals surface area contributed by atoms with Gasteiger partial charge in [0.05, 0.1) is 10.2 Å². The highest BCUT2D eigenvalue weighted by molar-refractivity contribution is 7.17. The van der Waals surface area contributed by atoms with Gasteiger partial charge in [0, 0.05) is 17.8 Å². The molecule has 0 fully saturated rings. The van der Waals surface area contributed by atoms with Crippen LogP contribution < -0.4 is 10.9 Å². The van der Waals surface area contributed by atoms with E-state index >= 15 is 0 Å². The average Bonchev–Trinajstić information content (AvgIpc) is 2.93. The number of nitrogens with one attached hydrogen (secondary N) is 2. The molecule has 0 aliphatic rings. The van der Waals surface area contributed by atoms with Gasteiger partial charge in [-0.1, -0.05) is 0 Å². The van der Waals surface area contributed by atoms with Crippen LogP contribution in [0.4, 0.5) is 18.9 Å². The lowest BCUT2D eigenvalue weighted by atomic mass is 10.2. The predicted octanol–water partition coefficient (Wildman–Crippen LogP) is 2.96. The Labute approximate surface area is 130 Å². The Kier molecular flexibility index (Phi) is 3.57. The molecule has 0 atom stereocenters. The number of pyridine rings is 1. The predicted molar refractivity (Wildman–Crippen MR) is 78.4 cm³/mol. The largest absolute Gasteiger partial charge is 0.505 e. The number of aromatic nitrogens is 1. The number of rotatable bonds is 2. The van der Waals surface area contributed by atoms with E-state index in [0.29, 0.717) is 17.6 Å². The molecule has 23 heavy (non-hydrogen) atoms. The van der Waals surface area contributed by atoms with E-state index in [1.54, 1.807) is 11.4 Å². The van der Waals surface area contributed by atoms with Crippen molar-refractivity contribution in [2.75, 3.05) is 5.32 Å². The number of benzene rings is 1. The van der Waals surface area contributed by atoms with Crippen molar-refractivity contribution in [1.82, 2.24) is 4.98 Å². The van der Waals surface area contributed by atoms with Crippen molar-refractivity contribution in [2.45, 2.75) is 0 Å². The SMILES string of the molecule is O=C(Nc1cc(F)c(F)c(F)c1)c1c(O)c2sccc2[nH]c1=O. The summed E-state index contributed by atoms with van der Waals surface area (Å²) in [5.41, 5.74) is -1.51. The molecule has 1 amide bonds. The van der Waals surface area contributed by atoms with Crippen LogP contribution in [0, 0.1) is 17.5 Å². The molecule has 2 heterocycles. The normalized spacial score (nSPS) is 10.9. The Bertz CT molecular complexity index is 974. The fraction of sp³-hybridized carbons (Fsp3) is 0. The van der Waals surface area contributed by atoms with Gasteiger partial charge in [-0.25, -0.2) is 13.2 Å². The number of carbonyl (C=O) groups is 1. The van der Waals surface area contributed by atoms with Crippen LogP contribution >= 0.6 is 11.3 Å². The Morgan fingerprint density at radius 2 is 1.87 bits per heavy atom. The van der Waals surface area contributed by atoms with E-state index in [0.717, 1.165) is 11.3 Å². The maximum atomic E-state index is 13.1. The van der Waals surface area contributed by atoms with Crippen LogP contribution in [0.1, 0.15) is 10.4 Å². The van der Waals surface area contributed by atoms with E-state index in [2.05, 4.69) is 4.98 Å². The van der Waals surface area contributed by atoms with E-state index in [1.807, 2.05) is 5.32 Å². The summed E-state index contributed by atoms with van der Waals surface area (Å²) in [5, 5.41) is 13.7. The van der Waals surface area contributed by atoms with Gasteiger partial charge < -0.3 is 15.4 Å². The second-order valence-corrected chi connectivity index (χ2v) is 5.47. The zero-order valence-corrected chi connectivity index (χ0v) is 11.9. The van der Waals surface area contributed by atoms with E-state index in [4.69, 9.17) is 0 Å². The number of carbonyl (C=O) groups excluding carboxylic acids is 1. The summed E-state index contributed by atoms with van der Waals surface area (Å²) in [6.45, 7) is 0. The molecule has 3 aromatic rings. The molecule has 0 saturated carbocycles. The number of anilines is 1. The van der Waals surface area contributed by atoms with Gasteiger partial charge in [0.2, 0.25) is 0 Å². The monoisotopic (exact) mass is 340 g/mol. The standard InChI is InChI=1S/C14H7F3N2O3S/c15-6-3-5(4-7(16)10(6)17)18-13(21)9-11(20)12-8(1-2-23-12)19-14(9)22/h1-4H,(H,18,21)(H2,19,20,22). The van der Waals surface area contributed by atoms with E-state index in [9.17, 15) is 27.9 Å². The van der Waals surface area contributed by atoms with Gasteiger partial charge in [-0.2, -0.15) is 0 Å². The fourth-order valence-corrected chi connectivity index (χ4v) is 2.83. The van der Waals surface area contributed by atoms with Gasteiger partial charge >= 0.3 is 0 Å². The first-order valence-electron chi connectivity index (χ1n) is 6.17. The smallest absolute Gasteiger partial charge is 0.265 e. The molecule has 1 aromatic carbocycles. The Balaban J connectivity index is 2.03. The number of fused-ring (bicyclic) bond motifs is 1. The molecular formula is C14H7F3N2O3S. The third-order valence-corrected chi connectivity index (χ3v) is 3.98. The van der Waals surface area contributed by atoms with Crippen molar-refractivity contribution in [2.24, 2.45) is 0 Å². The quantitative estimate of drug-likeness (QED) is 0.627. The van der Waals surface area contributed by atoms with Crippen molar-refractivity contribution in [3.63, 3.8) is 0 Å². The molecular weight excluding hydrogens is 333 g/mol. The first-order valence-corrected chi connectivity index (χ1v) is 7.04. The summed E-state index contributed by atoms with van der Waals surface area (Å²) in [6.07, 6.45) is 0. The van der Waals surface area contributed by atoms with Crippen molar-refractivity contribution in [3.05, 3.63) is 56.9 Å². The summed E-state index contributed by atoms with van der Waals surface area (Å²) in [6, 6.07) is 2.67. The molecule has 0 aliphatic carbocycles. The average molecular weight is 340 g/mol. The van der Waals surface area contributed by atoms with Crippen LogP contribution in [0.2, 0.25) is 0 Å². The number of aromatic hydroxyl groups is 1. The second kappa shape index (κ2) is 5.43. The third-order valence-electron chi connectivity index (χ3n) is 3.06. The molecule has 0 saturated heterocycles. The maximum absolute atomic E-state index is 13.1. The van der Waals surface area contributed by atoms with Crippen molar-refractivity contribution < 1.29 is 23.1 Å². The molecule has 2 aromatic heterocycles. The van der Waals surface area contributed by atoms with E-state index < -0.39 is 45.9 Å². The first kappa shape index (κ1) is 15.1. The lowest BCUT2D eigenvalue weighted by molar-refractivity contribution is 0.102. The molecule has 0 bridgehead atoms. The number of amides is 1. The Morgan fingerprint density at radius 1 is 1.22 bits per heavy atom. The van der Waals surface area contributed by atoms with Crippen LogP contribution in [0.5, 0.6) is 5.75 Å². The molecule has 3 rings (SSSR count). The highest BCUT2D eigenvalue weighted by Gasteiger charge is 2.21. The van der Waals surface area contributed by atoms with Crippen molar-refractivity contribution >= 4 is 33.1 Å². The summed E-state index contributed by atoms with van der Waals surface area (Å²) in [5.74, 6) is -6.29. The number of H-pyrrole nitrogens is 1. The molecule has 3 N–H and O–H groups in total. The van der Waals surface area contributed by atoms with Crippen LogP contribution in [-0.2, 0) is 0 Å². The maximum Gasteiger partial charge on any atom is 0.265 e. The van der Waals surface area contributed by atoms with Crippen molar-refractivity contribution in [1.29, 1.82) is 0 Å². The summed E-state index contributed by atoms with van der Waals surface area (Å²) in [7, 11) is 0. The lowest BCUT2D eigenvalue weighted by Crippen LogP contribution is -2.23. The molecule has 9 heteroatoms. The van der Waals surface area contributed by atoms with Gasteiger partial charge in [-0.15, -0.1) is 11.3 Å². The molecule has 118 valence electrons. The van der Waals surface area contributed by atoms with Gasteiger partial charge in [0.25, 0.3) is 11.5 Å². The van der Waals surface area contributed by atoms with Crippen LogP contribution in [-0.4, -0.2) is 16.0 Å². The van der Waals surface area contributed by atoms with Gasteiger partial charge in [-0.05, 0) is 11.4 Å². The zero-order chi connectivity index (χ0) is 16.7. The highest BCUT2D eigenvalue weighted by atomic mass is 32.1.